The van der Waals surface area contributed by atoms with Gasteiger partial charge in [-0.15, -0.1) is 0 Å². The lowest BCUT2D eigenvalue weighted by Crippen LogP contribution is -2.12. The van der Waals surface area contributed by atoms with Gasteiger partial charge >= 0.3 is 0 Å². The van der Waals surface area contributed by atoms with Crippen LogP contribution in [0.1, 0.15) is 5.56 Å². The number of rotatable bonds is 5. The van der Waals surface area contributed by atoms with Crippen LogP contribution >= 0.6 is 15.9 Å². The molecule has 34 heavy (non-hydrogen) atoms. The first-order valence-electron chi connectivity index (χ1n) is 11.2. The Morgan fingerprint density at radius 1 is 0.588 bits per heavy atom. The Hall–Kier alpha value is -3.69. The molecule has 0 aliphatic carbocycles. The molecule has 5 aromatic carbocycles. The summed E-state index contributed by atoms with van der Waals surface area (Å²) in [4.78, 5) is 2.12. The highest BCUT2D eigenvalue weighted by atomic mass is 79.9. The lowest BCUT2D eigenvalue weighted by Gasteiger charge is -2.28. The summed E-state index contributed by atoms with van der Waals surface area (Å²) in [6, 6.07) is 39.9. The highest BCUT2D eigenvalue weighted by Gasteiger charge is 2.19. The first-order valence-corrected chi connectivity index (χ1v) is 12.0. The Balaban J connectivity index is 1.71. The zero-order valence-electron chi connectivity index (χ0n) is 18.8. The molecule has 0 atom stereocenters. The average Bonchev–Trinajstić information content (AvgIpc) is 2.85. The Morgan fingerprint density at radius 2 is 1.21 bits per heavy atom. The standard InChI is InChI=1S/C31H23BrFN/c1-22-18-25(32)20-27(19-22)34(31-15-9-8-14-29(31)24-12-6-3-7-13-24)26-16-17-28(30(33)21-26)23-10-4-2-5-11-23/h2-21H,1H3. The first-order chi connectivity index (χ1) is 16.6. The molecule has 0 saturated heterocycles. The van der Waals surface area contributed by atoms with Gasteiger partial charge in [0.15, 0.2) is 0 Å². The second kappa shape index (κ2) is 9.66. The third kappa shape index (κ3) is 4.52. The van der Waals surface area contributed by atoms with Crippen LogP contribution in [0.5, 0.6) is 0 Å². The SMILES string of the molecule is Cc1cc(Br)cc(N(c2ccc(-c3ccccc3)c(F)c2)c2ccccc2-c2ccccc2)c1. The molecule has 0 N–H and O–H groups in total. The van der Waals surface area contributed by atoms with E-state index >= 15 is 4.39 Å². The fourth-order valence-electron chi connectivity index (χ4n) is 4.30. The van der Waals surface area contributed by atoms with Gasteiger partial charge in [0.05, 0.1) is 5.69 Å². The van der Waals surface area contributed by atoms with Crippen molar-refractivity contribution in [3.8, 4) is 22.3 Å². The predicted octanol–water partition coefficient (Wildman–Crippen LogP) is 9.70. The van der Waals surface area contributed by atoms with Crippen molar-refractivity contribution >= 4 is 33.0 Å². The number of halogens is 2. The van der Waals surface area contributed by atoms with Crippen LogP contribution in [0, 0.1) is 12.7 Å². The Kier molecular flexibility index (Phi) is 6.29. The van der Waals surface area contributed by atoms with Gasteiger partial charge in [-0.1, -0.05) is 94.8 Å². The lowest BCUT2D eigenvalue weighted by atomic mass is 10.0. The number of hydrogen-bond acceptors (Lipinski definition) is 1. The molecule has 5 aromatic rings. The highest BCUT2D eigenvalue weighted by Crippen LogP contribution is 2.42. The Bertz CT molecular complexity index is 1410. The van der Waals surface area contributed by atoms with Gasteiger partial charge in [-0.05, 0) is 66.1 Å². The molecule has 0 spiro atoms. The van der Waals surface area contributed by atoms with Gasteiger partial charge in [0.1, 0.15) is 5.82 Å². The van der Waals surface area contributed by atoms with E-state index in [4.69, 9.17) is 0 Å². The van der Waals surface area contributed by atoms with E-state index in [1.165, 1.54) is 0 Å². The monoisotopic (exact) mass is 507 g/mol. The highest BCUT2D eigenvalue weighted by molar-refractivity contribution is 9.10. The van der Waals surface area contributed by atoms with Crippen LogP contribution < -0.4 is 4.90 Å². The van der Waals surface area contributed by atoms with E-state index < -0.39 is 0 Å². The van der Waals surface area contributed by atoms with Gasteiger partial charge in [-0.25, -0.2) is 4.39 Å². The lowest BCUT2D eigenvalue weighted by molar-refractivity contribution is 0.631. The normalized spacial score (nSPS) is 10.8. The van der Waals surface area contributed by atoms with Crippen molar-refractivity contribution in [1.29, 1.82) is 0 Å². The largest absolute Gasteiger partial charge is 0.310 e. The van der Waals surface area contributed by atoms with Crippen LogP contribution in [-0.4, -0.2) is 0 Å². The molecule has 0 amide bonds. The van der Waals surface area contributed by atoms with Gasteiger partial charge in [0.25, 0.3) is 0 Å². The molecule has 3 heteroatoms. The molecule has 0 saturated carbocycles. The zero-order valence-corrected chi connectivity index (χ0v) is 20.3. The second-order valence-electron chi connectivity index (χ2n) is 8.24. The molecule has 1 nitrogen and oxygen atoms in total. The van der Waals surface area contributed by atoms with Crippen molar-refractivity contribution < 1.29 is 4.39 Å². The summed E-state index contributed by atoms with van der Waals surface area (Å²) in [5.74, 6) is -0.252. The van der Waals surface area contributed by atoms with Crippen LogP contribution in [0.4, 0.5) is 21.5 Å². The molecular weight excluding hydrogens is 485 g/mol. The smallest absolute Gasteiger partial charge is 0.133 e. The van der Waals surface area contributed by atoms with Crippen molar-refractivity contribution in [3.05, 3.63) is 137 Å². The molecule has 0 aliphatic heterocycles. The number of anilines is 3. The molecule has 5 rings (SSSR count). The van der Waals surface area contributed by atoms with E-state index in [2.05, 4.69) is 70.2 Å². The quantitative estimate of drug-likeness (QED) is 0.228. The summed E-state index contributed by atoms with van der Waals surface area (Å²) in [6.07, 6.45) is 0. The van der Waals surface area contributed by atoms with Gasteiger partial charge in [-0.2, -0.15) is 0 Å². The molecule has 0 unspecified atom stereocenters. The molecular formula is C31H23BrFN. The van der Waals surface area contributed by atoms with Crippen LogP contribution in [0.3, 0.4) is 0 Å². The molecule has 0 heterocycles. The van der Waals surface area contributed by atoms with E-state index in [9.17, 15) is 0 Å². The summed E-state index contributed by atoms with van der Waals surface area (Å²) in [5, 5.41) is 0. The Labute approximate surface area is 208 Å². The summed E-state index contributed by atoms with van der Waals surface area (Å²) in [7, 11) is 0. The number of hydrogen-bond donors (Lipinski definition) is 0. The predicted molar refractivity (Wildman–Crippen MR) is 144 cm³/mol. The Morgan fingerprint density at radius 3 is 1.85 bits per heavy atom. The molecule has 0 aromatic heterocycles. The van der Waals surface area contributed by atoms with E-state index in [1.807, 2.05) is 72.8 Å². The van der Waals surface area contributed by atoms with Crippen molar-refractivity contribution in [2.75, 3.05) is 4.90 Å². The summed E-state index contributed by atoms with van der Waals surface area (Å²) < 4.78 is 16.5. The minimum Gasteiger partial charge on any atom is -0.310 e. The van der Waals surface area contributed by atoms with Gasteiger partial charge in [-0.3, -0.25) is 0 Å². The molecule has 0 fully saturated rings. The summed E-state index contributed by atoms with van der Waals surface area (Å²) in [6.45, 7) is 2.06. The maximum atomic E-state index is 15.5. The van der Waals surface area contributed by atoms with E-state index in [-0.39, 0.29) is 5.82 Å². The summed E-state index contributed by atoms with van der Waals surface area (Å²) >= 11 is 3.65. The van der Waals surface area contributed by atoms with Gasteiger partial charge < -0.3 is 4.90 Å². The summed E-state index contributed by atoms with van der Waals surface area (Å²) in [5.41, 5.74) is 7.46. The fraction of sp³-hybridized carbons (Fsp3) is 0.0323. The third-order valence-corrected chi connectivity index (χ3v) is 6.27. The zero-order chi connectivity index (χ0) is 23.5. The number of benzene rings is 5. The number of aryl methyl sites for hydroxylation is 1. The maximum Gasteiger partial charge on any atom is 0.133 e. The van der Waals surface area contributed by atoms with Crippen LogP contribution in [-0.2, 0) is 0 Å². The van der Waals surface area contributed by atoms with Crippen molar-refractivity contribution in [2.24, 2.45) is 0 Å². The fourth-order valence-corrected chi connectivity index (χ4v) is 4.89. The van der Waals surface area contributed by atoms with Crippen LogP contribution in [0.25, 0.3) is 22.3 Å². The molecule has 0 aliphatic rings. The topological polar surface area (TPSA) is 3.24 Å². The second-order valence-corrected chi connectivity index (χ2v) is 9.15. The van der Waals surface area contributed by atoms with Crippen molar-refractivity contribution in [2.45, 2.75) is 6.92 Å². The first kappa shape index (κ1) is 22.1. The van der Waals surface area contributed by atoms with E-state index in [0.29, 0.717) is 5.56 Å². The van der Waals surface area contributed by atoms with E-state index in [1.54, 1.807) is 6.07 Å². The van der Waals surface area contributed by atoms with E-state index in [0.717, 1.165) is 43.8 Å². The average molecular weight is 508 g/mol. The van der Waals surface area contributed by atoms with Crippen LogP contribution in [0.2, 0.25) is 0 Å². The van der Waals surface area contributed by atoms with Gasteiger partial charge in [0, 0.05) is 27.0 Å². The molecule has 0 radical (unpaired) electrons. The maximum absolute atomic E-state index is 15.5. The number of nitrogens with zero attached hydrogens (tertiary/aromatic N) is 1. The van der Waals surface area contributed by atoms with Crippen molar-refractivity contribution in [1.82, 2.24) is 0 Å². The van der Waals surface area contributed by atoms with Crippen LogP contribution in [0.15, 0.2) is 126 Å². The molecule has 166 valence electrons. The van der Waals surface area contributed by atoms with Gasteiger partial charge in [0.2, 0.25) is 0 Å². The minimum absolute atomic E-state index is 0.252. The number of para-hydroxylation sites is 1. The van der Waals surface area contributed by atoms with Crippen molar-refractivity contribution in [3.63, 3.8) is 0 Å². The minimum atomic E-state index is -0.252. The third-order valence-electron chi connectivity index (χ3n) is 5.81. The molecule has 0 bridgehead atoms.